The van der Waals surface area contributed by atoms with Gasteiger partial charge in [0.15, 0.2) is 5.82 Å². The van der Waals surface area contributed by atoms with E-state index in [0.29, 0.717) is 18.5 Å². The maximum atomic E-state index is 13.3. The van der Waals surface area contributed by atoms with Crippen LogP contribution in [0.1, 0.15) is 29.4 Å². The van der Waals surface area contributed by atoms with Gasteiger partial charge in [0.05, 0.1) is 28.8 Å². The molecule has 0 aliphatic carbocycles. The van der Waals surface area contributed by atoms with Crippen molar-refractivity contribution < 1.29 is 17.6 Å². The Morgan fingerprint density at radius 1 is 1.06 bits per heavy atom. The predicted molar refractivity (Wildman–Crippen MR) is 105 cm³/mol. The van der Waals surface area contributed by atoms with Crippen LogP contribution in [0.4, 0.5) is 17.6 Å². The quantitative estimate of drug-likeness (QED) is 0.441. The Balaban J connectivity index is 1.66. The standard InChI is InChI=1S/C21H18F4N6/c1-3-17-18(29-30(2)20(17)13-4-6-15(22)7-5-13)8-16-9-19(27-12-26-16)31-11-14(10-28-31)21(23,24)25/h4-7,9-12H,3,8H2,1-2H3. The van der Waals surface area contributed by atoms with Crippen molar-refractivity contribution in [2.75, 3.05) is 0 Å². The molecular weight excluding hydrogens is 412 g/mol. The second kappa shape index (κ2) is 7.93. The molecule has 3 aromatic heterocycles. The first kappa shape index (κ1) is 20.7. The van der Waals surface area contributed by atoms with Gasteiger partial charge in [-0.05, 0) is 30.7 Å². The van der Waals surface area contributed by atoms with Crippen LogP contribution in [0, 0.1) is 5.82 Å². The summed E-state index contributed by atoms with van der Waals surface area (Å²) in [5.74, 6) is -0.0850. The summed E-state index contributed by atoms with van der Waals surface area (Å²) in [5.41, 5.74) is 3.24. The van der Waals surface area contributed by atoms with Gasteiger partial charge >= 0.3 is 6.18 Å². The van der Waals surface area contributed by atoms with Crippen molar-refractivity contribution in [3.8, 4) is 17.1 Å². The molecule has 0 spiro atoms. The fourth-order valence-corrected chi connectivity index (χ4v) is 3.48. The minimum atomic E-state index is -4.48. The lowest BCUT2D eigenvalue weighted by Gasteiger charge is -2.06. The molecule has 6 nitrogen and oxygen atoms in total. The third kappa shape index (κ3) is 4.18. The van der Waals surface area contributed by atoms with Crippen LogP contribution in [0.5, 0.6) is 0 Å². The number of aromatic nitrogens is 6. The number of rotatable bonds is 5. The number of alkyl halides is 3. The fraction of sp³-hybridized carbons (Fsp3) is 0.238. The average molecular weight is 430 g/mol. The third-order valence-electron chi connectivity index (χ3n) is 4.90. The molecule has 0 radical (unpaired) electrons. The van der Waals surface area contributed by atoms with Crippen LogP contribution in [-0.4, -0.2) is 29.5 Å². The first-order valence-corrected chi connectivity index (χ1v) is 9.50. The molecule has 10 heteroatoms. The molecule has 0 saturated heterocycles. The monoisotopic (exact) mass is 430 g/mol. The summed E-state index contributed by atoms with van der Waals surface area (Å²) in [7, 11) is 1.81. The van der Waals surface area contributed by atoms with E-state index in [-0.39, 0.29) is 11.6 Å². The van der Waals surface area contributed by atoms with Crippen molar-refractivity contribution >= 4 is 0 Å². The van der Waals surface area contributed by atoms with E-state index in [4.69, 9.17) is 0 Å². The first-order valence-electron chi connectivity index (χ1n) is 9.50. The minimum absolute atomic E-state index is 0.230. The highest BCUT2D eigenvalue weighted by atomic mass is 19.4. The van der Waals surface area contributed by atoms with E-state index in [1.807, 2.05) is 14.0 Å². The van der Waals surface area contributed by atoms with E-state index in [0.717, 1.165) is 39.6 Å². The van der Waals surface area contributed by atoms with Gasteiger partial charge in [0.2, 0.25) is 0 Å². The maximum Gasteiger partial charge on any atom is 0.419 e. The molecule has 0 aliphatic heterocycles. The van der Waals surface area contributed by atoms with Crippen molar-refractivity contribution in [2.45, 2.75) is 25.9 Å². The number of benzene rings is 1. The van der Waals surface area contributed by atoms with E-state index >= 15 is 0 Å². The topological polar surface area (TPSA) is 61.4 Å². The molecule has 160 valence electrons. The Hall–Kier alpha value is -3.56. The first-order chi connectivity index (χ1) is 14.8. The molecular formula is C21H18F4N6. The number of hydrogen-bond acceptors (Lipinski definition) is 4. The molecule has 1 aromatic carbocycles. The van der Waals surface area contributed by atoms with E-state index in [1.54, 1.807) is 22.9 Å². The van der Waals surface area contributed by atoms with Crippen molar-refractivity contribution in [3.05, 3.63) is 77.4 Å². The Kier molecular flexibility index (Phi) is 5.30. The Morgan fingerprint density at radius 3 is 2.45 bits per heavy atom. The lowest BCUT2D eigenvalue weighted by molar-refractivity contribution is -0.137. The van der Waals surface area contributed by atoms with Crippen molar-refractivity contribution in [1.29, 1.82) is 0 Å². The number of hydrogen-bond donors (Lipinski definition) is 0. The van der Waals surface area contributed by atoms with E-state index < -0.39 is 11.7 Å². The molecule has 0 fully saturated rings. The third-order valence-corrected chi connectivity index (χ3v) is 4.90. The normalized spacial score (nSPS) is 11.8. The van der Waals surface area contributed by atoms with Crippen LogP contribution < -0.4 is 0 Å². The zero-order valence-corrected chi connectivity index (χ0v) is 16.7. The van der Waals surface area contributed by atoms with Crippen molar-refractivity contribution in [2.24, 2.45) is 7.05 Å². The summed E-state index contributed by atoms with van der Waals surface area (Å²) >= 11 is 0. The number of nitrogens with zero attached hydrogens (tertiary/aromatic N) is 6. The minimum Gasteiger partial charge on any atom is -0.267 e. The van der Waals surface area contributed by atoms with E-state index in [2.05, 4.69) is 20.2 Å². The molecule has 4 aromatic rings. The lowest BCUT2D eigenvalue weighted by Crippen LogP contribution is -2.04. The van der Waals surface area contributed by atoms with Gasteiger partial charge in [-0.25, -0.2) is 19.0 Å². The second-order valence-corrected chi connectivity index (χ2v) is 6.97. The SMILES string of the molecule is CCc1c(Cc2cc(-n3cc(C(F)(F)F)cn3)ncn2)nn(C)c1-c1ccc(F)cc1. The molecule has 4 rings (SSSR count). The Morgan fingerprint density at radius 2 is 1.81 bits per heavy atom. The number of aryl methyl sites for hydroxylation is 1. The highest BCUT2D eigenvalue weighted by molar-refractivity contribution is 5.65. The van der Waals surface area contributed by atoms with Gasteiger partial charge in [-0.1, -0.05) is 6.92 Å². The zero-order chi connectivity index (χ0) is 22.2. The van der Waals surface area contributed by atoms with Gasteiger partial charge in [0.25, 0.3) is 0 Å². The molecule has 0 N–H and O–H groups in total. The Labute approximate surface area is 175 Å². The summed E-state index contributed by atoms with van der Waals surface area (Å²) in [6.07, 6.45) is -0.491. The predicted octanol–water partition coefficient (Wildman–Crippen LogP) is 4.37. The molecule has 0 aliphatic rings. The second-order valence-electron chi connectivity index (χ2n) is 6.97. The summed E-state index contributed by atoms with van der Waals surface area (Å²) in [6.45, 7) is 2.00. The van der Waals surface area contributed by atoms with Crippen molar-refractivity contribution in [3.63, 3.8) is 0 Å². The van der Waals surface area contributed by atoms with Gasteiger partial charge < -0.3 is 0 Å². The van der Waals surface area contributed by atoms with Gasteiger partial charge in [-0.3, -0.25) is 4.68 Å². The fourth-order valence-electron chi connectivity index (χ4n) is 3.48. The molecule has 31 heavy (non-hydrogen) atoms. The molecule has 0 saturated carbocycles. The van der Waals surface area contributed by atoms with Crippen LogP contribution in [0.3, 0.4) is 0 Å². The maximum absolute atomic E-state index is 13.3. The van der Waals surface area contributed by atoms with Crippen LogP contribution in [0.15, 0.2) is 49.1 Å². The van der Waals surface area contributed by atoms with Gasteiger partial charge in [-0.2, -0.15) is 23.4 Å². The van der Waals surface area contributed by atoms with Gasteiger partial charge in [0.1, 0.15) is 12.1 Å². The van der Waals surface area contributed by atoms with Gasteiger partial charge in [-0.15, -0.1) is 0 Å². The van der Waals surface area contributed by atoms with E-state index in [9.17, 15) is 17.6 Å². The largest absolute Gasteiger partial charge is 0.419 e. The van der Waals surface area contributed by atoms with Crippen LogP contribution in [-0.2, 0) is 26.1 Å². The van der Waals surface area contributed by atoms with Crippen molar-refractivity contribution in [1.82, 2.24) is 29.5 Å². The molecule has 0 unspecified atom stereocenters. The summed E-state index contributed by atoms with van der Waals surface area (Å²) in [4.78, 5) is 8.27. The Bertz CT molecular complexity index is 1210. The lowest BCUT2D eigenvalue weighted by atomic mass is 10.0. The molecule has 0 bridgehead atoms. The highest BCUT2D eigenvalue weighted by Crippen LogP contribution is 2.30. The van der Waals surface area contributed by atoms with Crippen LogP contribution in [0.25, 0.3) is 17.1 Å². The molecule has 3 heterocycles. The van der Waals surface area contributed by atoms with Crippen LogP contribution in [0.2, 0.25) is 0 Å². The summed E-state index contributed by atoms with van der Waals surface area (Å²) in [6, 6.07) is 7.79. The molecule has 0 atom stereocenters. The summed E-state index contributed by atoms with van der Waals surface area (Å²) in [5, 5.41) is 8.36. The smallest absolute Gasteiger partial charge is 0.267 e. The molecule has 0 amide bonds. The zero-order valence-electron chi connectivity index (χ0n) is 16.7. The van der Waals surface area contributed by atoms with Gasteiger partial charge in [0, 0.05) is 36.9 Å². The average Bonchev–Trinajstić information content (AvgIpc) is 3.34. The van der Waals surface area contributed by atoms with Crippen LogP contribution >= 0.6 is 0 Å². The number of halogens is 4. The van der Waals surface area contributed by atoms with E-state index in [1.165, 1.54) is 18.5 Å². The highest BCUT2D eigenvalue weighted by Gasteiger charge is 2.32. The summed E-state index contributed by atoms with van der Waals surface area (Å²) < 4.78 is 54.7.